The molecule has 1 amide bonds. The molecule has 3 unspecified atom stereocenters. The van der Waals surface area contributed by atoms with Gasteiger partial charge in [-0.2, -0.15) is 0 Å². The lowest BCUT2D eigenvalue weighted by Gasteiger charge is -2.20. The molecule has 1 N–H and O–H groups in total. The number of thiazole rings is 1. The number of carbonyl (C=O) groups is 1. The zero-order chi connectivity index (χ0) is 17.4. The number of amides is 1. The van der Waals surface area contributed by atoms with Crippen molar-refractivity contribution in [3.8, 4) is 17.0 Å². The molecule has 132 valence electrons. The molecule has 0 aliphatic heterocycles. The molecule has 4 nitrogen and oxygen atoms in total. The Morgan fingerprint density at radius 1 is 1.36 bits per heavy atom. The van der Waals surface area contributed by atoms with Gasteiger partial charge in [-0.3, -0.25) is 4.79 Å². The van der Waals surface area contributed by atoms with Gasteiger partial charge in [0.15, 0.2) is 5.13 Å². The summed E-state index contributed by atoms with van der Waals surface area (Å²) in [5.41, 5.74) is 2.97. The van der Waals surface area contributed by atoms with E-state index in [1.165, 1.54) is 37.0 Å². The number of fused-ring (bicyclic) bond motifs is 2. The van der Waals surface area contributed by atoms with Gasteiger partial charge in [-0.05, 0) is 56.1 Å². The van der Waals surface area contributed by atoms with E-state index in [0.29, 0.717) is 17.5 Å². The van der Waals surface area contributed by atoms with Crippen LogP contribution < -0.4 is 10.1 Å². The zero-order valence-electron chi connectivity index (χ0n) is 14.7. The highest BCUT2D eigenvalue weighted by Crippen LogP contribution is 2.49. The van der Waals surface area contributed by atoms with E-state index in [0.717, 1.165) is 34.4 Å². The van der Waals surface area contributed by atoms with E-state index in [1.807, 2.05) is 24.4 Å². The number of benzene rings is 1. The summed E-state index contributed by atoms with van der Waals surface area (Å²) in [6.07, 6.45) is 5.91. The Bertz CT molecular complexity index is 786. The first-order chi connectivity index (χ1) is 12.1. The minimum Gasteiger partial charge on any atom is -0.496 e. The van der Waals surface area contributed by atoms with Crippen LogP contribution in [0.25, 0.3) is 11.3 Å². The maximum Gasteiger partial charge on any atom is 0.226 e. The number of hydrogen-bond acceptors (Lipinski definition) is 4. The monoisotopic (exact) mass is 356 g/mol. The second-order valence-corrected chi connectivity index (χ2v) is 8.29. The average molecular weight is 356 g/mol. The molecular formula is C20H24N2O2S. The Hall–Kier alpha value is -1.88. The molecule has 2 bridgehead atoms. The third-order valence-corrected chi connectivity index (χ3v) is 6.47. The fourth-order valence-corrected chi connectivity index (χ4v) is 5.24. The second-order valence-electron chi connectivity index (χ2n) is 7.43. The molecule has 2 aliphatic carbocycles. The van der Waals surface area contributed by atoms with E-state index in [4.69, 9.17) is 4.74 Å². The predicted molar refractivity (Wildman–Crippen MR) is 101 cm³/mol. The second kappa shape index (κ2) is 6.79. The molecule has 1 heterocycles. The molecule has 2 fully saturated rings. The molecule has 4 rings (SSSR count). The van der Waals surface area contributed by atoms with Crippen molar-refractivity contribution >= 4 is 22.4 Å². The number of aryl methyl sites for hydroxylation is 1. The highest BCUT2D eigenvalue weighted by molar-refractivity contribution is 7.14. The first-order valence-corrected chi connectivity index (χ1v) is 9.90. The fraction of sp³-hybridized carbons (Fsp3) is 0.500. The first kappa shape index (κ1) is 16.6. The Balaban J connectivity index is 1.43. The van der Waals surface area contributed by atoms with Gasteiger partial charge < -0.3 is 10.1 Å². The maximum atomic E-state index is 12.4. The summed E-state index contributed by atoms with van der Waals surface area (Å²) in [5.74, 6) is 3.14. The molecule has 2 saturated carbocycles. The quantitative estimate of drug-likeness (QED) is 0.829. The lowest BCUT2D eigenvalue weighted by molar-refractivity contribution is -0.117. The Labute approximate surface area is 152 Å². The van der Waals surface area contributed by atoms with Crippen LogP contribution in [0.5, 0.6) is 5.75 Å². The molecule has 2 aliphatic rings. The molecule has 25 heavy (non-hydrogen) atoms. The SMILES string of the molecule is COc1ccc(C)cc1-c1csc(NC(=O)CC2CC3CCC2C3)n1. The molecule has 0 radical (unpaired) electrons. The van der Waals surface area contributed by atoms with E-state index in [-0.39, 0.29) is 5.91 Å². The fourth-order valence-electron chi connectivity index (χ4n) is 4.51. The summed E-state index contributed by atoms with van der Waals surface area (Å²) in [6.45, 7) is 2.05. The summed E-state index contributed by atoms with van der Waals surface area (Å²) in [6, 6.07) is 6.04. The Kier molecular flexibility index (Phi) is 4.50. The van der Waals surface area contributed by atoms with E-state index in [1.54, 1.807) is 7.11 Å². The standard InChI is InChI=1S/C20H24N2O2S/c1-12-3-6-18(24-2)16(7-12)17-11-25-20(21-17)22-19(23)10-15-9-13-4-5-14(15)8-13/h3,6-7,11,13-15H,4-5,8-10H2,1-2H3,(H,21,22,23). The molecule has 1 aromatic carbocycles. The molecule has 3 atom stereocenters. The van der Waals surface area contributed by atoms with Crippen LogP contribution in [0.2, 0.25) is 0 Å². The van der Waals surface area contributed by atoms with Gasteiger partial charge >= 0.3 is 0 Å². The number of nitrogens with zero attached hydrogens (tertiary/aromatic N) is 1. The van der Waals surface area contributed by atoms with Crippen molar-refractivity contribution in [2.24, 2.45) is 17.8 Å². The molecule has 0 spiro atoms. The van der Waals surface area contributed by atoms with Crippen molar-refractivity contribution in [2.75, 3.05) is 12.4 Å². The van der Waals surface area contributed by atoms with Crippen LogP contribution >= 0.6 is 11.3 Å². The molecule has 5 heteroatoms. The van der Waals surface area contributed by atoms with Gasteiger partial charge in [0.2, 0.25) is 5.91 Å². The average Bonchev–Trinajstić information content (AvgIpc) is 3.31. The highest BCUT2D eigenvalue weighted by Gasteiger charge is 2.40. The predicted octanol–water partition coefficient (Wildman–Crippen LogP) is 4.89. The topological polar surface area (TPSA) is 51.2 Å². The van der Waals surface area contributed by atoms with Crippen LogP contribution in [0, 0.1) is 24.7 Å². The van der Waals surface area contributed by atoms with Gasteiger partial charge in [-0.15, -0.1) is 11.3 Å². The highest BCUT2D eigenvalue weighted by atomic mass is 32.1. The van der Waals surface area contributed by atoms with Crippen LogP contribution in [0.3, 0.4) is 0 Å². The normalized spacial score (nSPS) is 24.5. The number of hydrogen-bond donors (Lipinski definition) is 1. The maximum absolute atomic E-state index is 12.4. The van der Waals surface area contributed by atoms with E-state index >= 15 is 0 Å². The van der Waals surface area contributed by atoms with E-state index < -0.39 is 0 Å². The van der Waals surface area contributed by atoms with Crippen molar-refractivity contribution < 1.29 is 9.53 Å². The molecule has 1 aromatic heterocycles. The summed E-state index contributed by atoms with van der Waals surface area (Å²) in [4.78, 5) is 17.0. The third kappa shape index (κ3) is 3.43. The number of ether oxygens (including phenoxy) is 1. The summed E-state index contributed by atoms with van der Waals surface area (Å²) < 4.78 is 5.44. The number of rotatable bonds is 5. The summed E-state index contributed by atoms with van der Waals surface area (Å²) in [5, 5.41) is 5.65. The van der Waals surface area contributed by atoms with Gasteiger partial charge in [-0.25, -0.2) is 4.98 Å². The van der Waals surface area contributed by atoms with Crippen molar-refractivity contribution in [2.45, 2.75) is 39.0 Å². The Morgan fingerprint density at radius 3 is 2.96 bits per heavy atom. The van der Waals surface area contributed by atoms with Crippen molar-refractivity contribution in [1.29, 1.82) is 0 Å². The van der Waals surface area contributed by atoms with Gasteiger partial charge in [0.1, 0.15) is 5.75 Å². The number of methoxy groups -OCH3 is 1. The number of carbonyl (C=O) groups excluding carboxylic acids is 1. The molecular weight excluding hydrogens is 332 g/mol. The summed E-state index contributed by atoms with van der Waals surface area (Å²) >= 11 is 1.47. The van der Waals surface area contributed by atoms with Crippen LogP contribution in [-0.2, 0) is 4.79 Å². The molecule has 0 saturated heterocycles. The van der Waals surface area contributed by atoms with Gasteiger partial charge in [0.05, 0.1) is 12.8 Å². The lowest BCUT2D eigenvalue weighted by atomic mass is 9.86. The van der Waals surface area contributed by atoms with Crippen molar-refractivity contribution in [3.05, 3.63) is 29.1 Å². The Morgan fingerprint density at radius 2 is 2.24 bits per heavy atom. The van der Waals surface area contributed by atoms with Crippen LogP contribution in [-0.4, -0.2) is 18.0 Å². The minimum atomic E-state index is 0.106. The lowest BCUT2D eigenvalue weighted by Crippen LogP contribution is -2.20. The summed E-state index contributed by atoms with van der Waals surface area (Å²) in [7, 11) is 1.67. The number of anilines is 1. The van der Waals surface area contributed by atoms with Crippen molar-refractivity contribution in [3.63, 3.8) is 0 Å². The molecule has 2 aromatic rings. The smallest absolute Gasteiger partial charge is 0.226 e. The van der Waals surface area contributed by atoms with Gasteiger partial charge in [-0.1, -0.05) is 18.1 Å². The number of aromatic nitrogens is 1. The number of nitrogens with one attached hydrogen (secondary N) is 1. The van der Waals surface area contributed by atoms with Crippen LogP contribution in [0.1, 0.15) is 37.7 Å². The van der Waals surface area contributed by atoms with Gasteiger partial charge in [0, 0.05) is 17.4 Å². The third-order valence-electron chi connectivity index (χ3n) is 5.71. The van der Waals surface area contributed by atoms with Crippen LogP contribution in [0.4, 0.5) is 5.13 Å². The van der Waals surface area contributed by atoms with Crippen molar-refractivity contribution in [1.82, 2.24) is 4.98 Å². The van der Waals surface area contributed by atoms with Crippen LogP contribution in [0.15, 0.2) is 23.6 Å². The van der Waals surface area contributed by atoms with E-state index in [9.17, 15) is 4.79 Å². The largest absolute Gasteiger partial charge is 0.496 e. The zero-order valence-corrected chi connectivity index (χ0v) is 15.6. The first-order valence-electron chi connectivity index (χ1n) is 9.02. The van der Waals surface area contributed by atoms with Gasteiger partial charge in [0.25, 0.3) is 0 Å². The van der Waals surface area contributed by atoms with E-state index in [2.05, 4.69) is 16.4 Å². The minimum absolute atomic E-state index is 0.106.